The third-order valence-electron chi connectivity index (χ3n) is 3.80. The van der Waals surface area contributed by atoms with Gasteiger partial charge in [0.1, 0.15) is 5.69 Å². The molecule has 0 bridgehead atoms. The number of hydrogen-bond acceptors (Lipinski definition) is 2. The molecule has 3 heteroatoms. The fourth-order valence-corrected chi connectivity index (χ4v) is 2.44. The van der Waals surface area contributed by atoms with Gasteiger partial charge in [-0.15, -0.1) is 0 Å². The minimum absolute atomic E-state index is 0.460. The summed E-state index contributed by atoms with van der Waals surface area (Å²) in [6, 6.07) is 8.53. The zero-order chi connectivity index (χ0) is 15.6. The molecule has 0 radical (unpaired) electrons. The Kier molecular flexibility index (Phi) is 4.61. The summed E-state index contributed by atoms with van der Waals surface area (Å²) < 4.78 is 1.87. The molecule has 0 fully saturated rings. The van der Waals surface area contributed by atoms with Crippen LogP contribution in [-0.4, -0.2) is 16.0 Å². The highest BCUT2D eigenvalue weighted by molar-refractivity contribution is 5.81. The summed E-state index contributed by atoms with van der Waals surface area (Å²) >= 11 is 0. The van der Waals surface area contributed by atoms with Crippen LogP contribution in [0.3, 0.4) is 0 Å². The molecule has 1 aromatic carbocycles. The van der Waals surface area contributed by atoms with Gasteiger partial charge in [-0.3, -0.25) is 9.67 Å². The predicted octanol–water partition coefficient (Wildman–Crippen LogP) is 4.73. The number of rotatable bonds is 4. The van der Waals surface area contributed by atoms with Crippen molar-refractivity contribution in [1.82, 2.24) is 9.78 Å². The van der Waals surface area contributed by atoms with Gasteiger partial charge in [0.2, 0.25) is 0 Å². The van der Waals surface area contributed by atoms with Crippen molar-refractivity contribution in [1.29, 1.82) is 0 Å². The lowest BCUT2D eigenvalue weighted by Crippen LogP contribution is -1.96. The molecule has 0 unspecified atom stereocenters. The van der Waals surface area contributed by atoms with Crippen LogP contribution in [0, 0.1) is 6.92 Å². The number of benzene rings is 1. The van der Waals surface area contributed by atoms with E-state index in [1.165, 1.54) is 11.1 Å². The van der Waals surface area contributed by atoms with E-state index in [2.05, 4.69) is 57.1 Å². The molecule has 0 saturated carbocycles. The molecule has 0 aliphatic carbocycles. The second-order valence-electron chi connectivity index (χ2n) is 6.19. The van der Waals surface area contributed by atoms with Crippen molar-refractivity contribution in [2.45, 2.75) is 46.5 Å². The molecular formula is C18H25N3. The van der Waals surface area contributed by atoms with Gasteiger partial charge in [0.15, 0.2) is 0 Å². The van der Waals surface area contributed by atoms with Crippen molar-refractivity contribution in [3.8, 4) is 0 Å². The number of hydrogen-bond donors (Lipinski definition) is 0. The fraction of sp³-hybridized carbons (Fsp3) is 0.444. The van der Waals surface area contributed by atoms with E-state index in [1.807, 2.05) is 24.9 Å². The molecule has 1 aromatic heterocycles. The molecule has 21 heavy (non-hydrogen) atoms. The van der Waals surface area contributed by atoms with Crippen LogP contribution in [0.2, 0.25) is 0 Å². The molecule has 0 atom stereocenters. The van der Waals surface area contributed by atoms with E-state index in [-0.39, 0.29) is 0 Å². The van der Waals surface area contributed by atoms with Crippen molar-refractivity contribution in [3.05, 3.63) is 46.8 Å². The van der Waals surface area contributed by atoms with Crippen LogP contribution in [0.1, 0.15) is 62.0 Å². The van der Waals surface area contributed by atoms with Crippen molar-refractivity contribution in [3.63, 3.8) is 0 Å². The van der Waals surface area contributed by atoms with Gasteiger partial charge in [0.25, 0.3) is 0 Å². The quantitative estimate of drug-likeness (QED) is 0.746. The van der Waals surface area contributed by atoms with Gasteiger partial charge in [0.05, 0.1) is 11.9 Å². The summed E-state index contributed by atoms with van der Waals surface area (Å²) in [5.41, 5.74) is 5.74. The lowest BCUT2D eigenvalue weighted by atomic mass is 9.93. The zero-order valence-corrected chi connectivity index (χ0v) is 13.9. The highest BCUT2D eigenvalue weighted by Crippen LogP contribution is 2.34. The second kappa shape index (κ2) is 6.25. The molecule has 0 amide bonds. The summed E-state index contributed by atoms with van der Waals surface area (Å²) in [7, 11) is 1.95. The van der Waals surface area contributed by atoms with Crippen LogP contribution in [0.4, 0.5) is 5.69 Å². The monoisotopic (exact) mass is 283 g/mol. The SMILES string of the molecule is Cc1cc(/C=N/c2c(C(C)C)cccc2C(C)C)nn1C. The van der Waals surface area contributed by atoms with E-state index in [0.29, 0.717) is 11.8 Å². The maximum atomic E-state index is 4.77. The Morgan fingerprint density at radius 2 is 1.67 bits per heavy atom. The van der Waals surface area contributed by atoms with Gasteiger partial charge in [-0.2, -0.15) is 5.10 Å². The van der Waals surface area contributed by atoms with Gasteiger partial charge in [-0.05, 0) is 36.0 Å². The molecule has 1 heterocycles. The zero-order valence-electron chi connectivity index (χ0n) is 13.9. The van der Waals surface area contributed by atoms with Crippen LogP contribution in [0.25, 0.3) is 0 Å². The van der Waals surface area contributed by atoms with E-state index < -0.39 is 0 Å². The van der Waals surface area contributed by atoms with Crippen LogP contribution < -0.4 is 0 Å². The Labute approximate surface area is 127 Å². The van der Waals surface area contributed by atoms with Gasteiger partial charge >= 0.3 is 0 Å². The summed E-state index contributed by atoms with van der Waals surface area (Å²) in [4.78, 5) is 4.77. The third-order valence-corrected chi connectivity index (χ3v) is 3.80. The highest BCUT2D eigenvalue weighted by Gasteiger charge is 2.12. The first-order chi connectivity index (χ1) is 9.90. The number of aliphatic imine (C=N–C) groups is 1. The largest absolute Gasteiger partial charge is 0.272 e. The van der Waals surface area contributed by atoms with Crippen molar-refractivity contribution in [2.75, 3.05) is 0 Å². The first-order valence-electron chi connectivity index (χ1n) is 7.57. The Morgan fingerprint density at radius 1 is 1.10 bits per heavy atom. The van der Waals surface area contributed by atoms with Crippen LogP contribution in [0.15, 0.2) is 29.3 Å². The van der Waals surface area contributed by atoms with E-state index in [9.17, 15) is 0 Å². The number of aryl methyl sites for hydroxylation is 2. The molecule has 0 aliphatic rings. The van der Waals surface area contributed by atoms with Gasteiger partial charge in [-0.1, -0.05) is 45.9 Å². The smallest absolute Gasteiger partial charge is 0.104 e. The van der Waals surface area contributed by atoms with Crippen molar-refractivity contribution in [2.24, 2.45) is 12.0 Å². The van der Waals surface area contributed by atoms with Gasteiger partial charge in [-0.25, -0.2) is 0 Å². The number of para-hydroxylation sites is 1. The Balaban J connectivity index is 2.46. The van der Waals surface area contributed by atoms with Crippen LogP contribution in [0.5, 0.6) is 0 Å². The van der Waals surface area contributed by atoms with Crippen molar-refractivity contribution >= 4 is 11.9 Å². The maximum absolute atomic E-state index is 4.77. The minimum Gasteiger partial charge on any atom is -0.272 e. The van der Waals surface area contributed by atoms with Crippen LogP contribution in [-0.2, 0) is 7.05 Å². The van der Waals surface area contributed by atoms with Gasteiger partial charge < -0.3 is 0 Å². The Morgan fingerprint density at radius 3 is 2.10 bits per heavy atom. The average molecular weight is 283 g/mol. The van der Waals surface area contributed by atoms with E-state index >= 15 is 0 Å². The van der Waals surface area contributed by atoms with E-state index in [0.717, 1.165) is 17.1 Å². The van der Waals surface area contributed by atoms with Gasteiger partial charge in [0, 0.05) is 12.7 Å². The summed E-state index contributed by atoms with van der Waals surface area (Å²) in [6.07, 6.45) is 1.88. The lowest BCUT2D eigenvalue weighted by Gasteiger charge is -2.16. The number of aromatic nitrogens is 2. The molecule has 0 aliphatic heterocycles. The average Bonchev–Trinajstić information content (AvgIpc) is 2.74. The van der Waals surface area contributed by atoms with Crippen molar-refractivity contribution < 1.29 is 0 Å². The molecule has 3 nitrogen and oxygen atoms in total. The Bertz CT molecular complexity index is 603. The maximum Gasteiger partial charge on any atom is 0.104 e. The fourth-order valence-electron chi connectivity index (χ4n) is 2.44. The molecule has 112 valence electrons. The number of nitrogens with zero attached hydrogens (tertiary/aromatic N) is 3. The molecule has 0 N–H and O–H groups in total. The molecule has 2 aromatic rings. The molecule has 2 rings (SSSR count). The van der Waals surface area contributed by atoms with Crippen LogP contribution >= 0.6 is 0 Å². The molecule has 0 saturated heterocycles. The third kappa shape index (κ3) is 3.41. The normalized spacial score (nSPS) is 12.0. The first-order valence-corrected chi connectivity index (χ1v) is 7.57. The summed E-state index contributed by atoms with van der Waals surface area (Å²) in [5.74, 6) is 0.919. The topological polar surface area (TPSA) is 30.2 Å². The predicted molar refractivity (Wildman–Crippen MR) is 89.8 cm³/mol. The standard InChI is InChI=1S/C18H25N3/c1-12(2)16-8-7-9-17(13(3)4)18(16)19-11-15-10-14(5)21(6)20-15/h7-13H,1-6H3/b19-11+. The Hall–Kier alpha value is -1.90. The molecule has 0 spiro atoms. The first kappa shape index (κ1) is 15.5. The summed E-state index contributed by atoms with van der Waals surface area (Å²) in [5, 5.41) is 4.44. The highest BCUT2D eigenvalue weighted by atomic mass is 15.3. The van der Waals surface area contributed by atoms with E-state index in [1.54, 1.807) is 0 Å². The molecular weight excluding hydrogens is 258 g/mol. The summed E-state index contributed by atoms with van der Waals surface area (Å²) in [6.45, 7) is 10.9. The van der Waals surface area contributed by atoms with E-state index in [4.69, 9.17) is 4.99 Å². The minimum atomic E-state index is 0.460. The second-order valence-corrected chi connectivity index (χ2v) is 6.19. The lowest BCUT2D eigenvalue weighted by molar-refractivity contribution is 0.738.